The van der Waals surface area contributed by atoms with Crippen LogP contribution in [0.4, 0.5) is 0 Å². The lowest BCUT2D eigenvalue weighted by Gasteiger charge is -2.26. The molecule has 2 aromatic rings. The maximum absolute atomic E-state index is 8.00. The SMILES string of the molecule is CC1(c2cccc(Br)c2)NC(=N)c2ncccc21. The van der Waals surface area contributed by atoms with E-state index >= 15 is 0 Å². The number of benzene rings is 1. The molecule has 2 heterocycles. The van der Waals surface area contributed by atoms with Crippen LogP contribution in [0.15, 0.2) is 47.1 Å². The van der Waals surface area contributed by atoms with E-state index in [4.69, 9.17) is 5.41 Å². The molecule has 3 rings (SSSR count). The van der Waals surface area contributed by atoms with E-state index in [0.717, 1.165) is 21.3 Å². The van der Waals surface area contributed by atoms with Crippen molar-refractivity contribution in [3.8, 4) is 0 Å². The predicted octanol–water partition coefficient (Wildman–Crippen LogP) is 3.04. The van der Waals surface area contributed by atoms with Gasteiger partial charge in [-0.25, -0.2) is 0 Å². The normalized spacial score (nSPS) is 21.6. The predicted molar refractivity (Wildman–Crippen MR) is 74.8 cm³/mol. The molecule has 3 nitrogen and oxygen atoms in total. The zero-order valence-corrected chi connectivity index (χ0v) is 11.5. The van der Waals surface area contributed by atoms with Crippen LogP contribution in [-0.2, 0) is 5.54 Å². The minimum atomic E-state index is -0.384. The van der Waals surface area contributed by atoms with Gasteiger partial charge in [-0.3, -0.25) is 10.4 Å². The molecule has 0 saturated heterocycles. The molecule has 90 valence electrons. The Kier molecular flexibility index (Phi) is 2.48. The van der Waals surface area contributed by atoms with Gasteiger partial charge < -0.3 is 5.32 Å². The Morgan fingerprint density at radius 1 is 1.28 bits per heavy atom. The Balaban J connectivity index is 2.21. The van der Waals surface area contributed by atoms with Gasteiger partial charge in [-0.15, -0.1) is 0 Å². The van der Waals surface area contributed by atoms with Crippen molar-refractivity contribution < 1.29 is 0 Å². The quantitative estimate of drug-likeness (QED) is 0.850. The molecule has 4 heteroatoms. The van der Waals surface area contributed by atoms with Gasteiger partial charge in [-0.1, -0.05) is 34.1 Å². The summed E-state index contributed by atoms with van der Waals surface area (Å²) >= 11 is 3.49. The third-order valence-electron chi connectivity index (χ3n) is 3.36. The van der Waals surface area contributed by atoms with E-state index < -0.39 is 0 Å². The number of rotatable bonds is 1. The third-order valence-corrected chi connectivity index (χ3v) is 3.85. The smallest absolute Gasteiger partial charge is 0.145 e. The van der Waals surface area contributed by atoms with Gasteiger partial charge in [0.15, 0.2) is 0 Å². The van der Waals surface area contributed by atoms with E-state index in [1.54, 1.807) is 6.20 Å². The molecular formula is C14H12BrN3. The largest absolute Gasteiger partial charge is 0.355 e. The molecule has 1 aliphatic rings. The average Bonchev–Trinajstić information content (AvgIpc) is 2.64. The van der Waals surface area contributed by atoms with Crippen LogP contribution < -0.4 is 5.32 Å². The molecule has 0 radical (unpaired) electrons. The molecule has 0 bridgehead atoms. The second kappa shape index (κ2) is 3.92. The third kappa shape index (κ3) is 1.56. The number of hydrogen-bond donors (Lipinski definition) is 2. The van der Waals surface area contributed by atoms with Crippen LogP contribution in [0.25, 0.3) is 0 Å². The number of fused-ring (bicyclic) bond motifs is 1. The molecule has 2 N–H and O–H groups in total. The second-order valence-corrected chi connectivity index (χ2v) is 5.45. The van der Waals surface area contributed by atoms with Crippen molar-refractivity contribution in [2.75, 3.05) is 0 Å². The molecule has 18 heavy (non-hydrogen) atoms. The number of hydrogen-bond acceptors (Lipinski definition) is 2. The Bertz CT molecular complexity index is 638. The summed E-state index contributed by atoms with van der Waals surface area (Å²) in [6.45, 7) is 2.08. The standard InChI is InChI=1S/C14H12BrN3/c1-14(9-4-2-5-10(15)8-9)11-6-3-7-17-12(11)13(16)18-14/h2-8H,1H3,(H2,16,18). The van der Waals surface area contributed by atoms with Gasteiger partial charge in [0.05, 0.1) is 5.54 Å². The molecule has 1 aromatic heterocycles. The van der Waals surface area contributed by atoms with Crippen molar-refractivity contribution >= 4 is 21.8 Å². The lowest BCUT2D eigenvalue weighted by atomic mass is 9.87. The van der Waals surface area contributed by atoms with E-state index in [1.165, 1.54) is 0 Å². The first-order valence-electron chi connectivity index (χ1n) is 5.70. The van der Waals surface area contributed by atoms with Crippen LogP contribution in [0, 0.1) is 5.41 Å². The average molecular weight is 302 g/mol. The molecule has 0 fully saturated rings. The topological polar surface area (TPSA) is 48.8 Å². The van der Waals surface area contributed by atoms with Gasteiger partial charge >= 0.3 is 0 Å². The Labute approximate surface area is 114 Å². The van der Waals surface area contributed by atoms with Gasteiger partial charge in [0.25, 0.3) is 0 Å². The van der Waals surface area contributed by atoms with Crippen molar-refractivity contribution in [1.29, 1.82) is 5.41 Å². The summed E-state index contributed by atoms with van der Waals surface area (Å²) in [5.41, 5.74) is 2.52. The minimum Gasteiger partial charge on any atom is -0.355 e. The molecule has 0 amide bonds. The van der Waals surface area contributed by atoms with Gasteiger partial charge in [0.1, 0.15) is 11.5 Å². The van der Waals surface area contributed by atoms with Crippen molar-refractivity contribution in [3.05, 3.63) is 63.9 Å². The van der Waals surface area contributed by atoms with Crippen LogP contribution in [0.3, 0.4) is 0 Å². The van der Waals surface area contributed by atoms with Crippen molar-refractivity contribution in [2.24, 2.45) is 0 Å². The maximum atomic E-state index is 8.00. The van der Waals surface area contributed by atoms with Crippen LogP contribution in [0.2, 0.25) is 0 Å². The van der Waals surface area contributed by atoms with E-state index in [-0.39, 0.29) is 5.54 Å². The van der Waals surface area contributed by atoms with Gasteiger partial charge in [-0.05, 0) is 30.7 Å². The Morgan fingerprint density at radius 2 is 2.11 bits per heavy atom. The van der Waals surface area contributed by atoms with Crippen LogP contribution >= 0.6 is 15.9 Å². The summed E-state index contributed by atoms with van der Waals surface area (Å²) in [6, 6.07) is 12.1. The summed E-state index contributed by atoms with van der Waals surface area (Å²) < 4.78 is 1.03. The number of amidine groups is 1. The Morgan fingerprint density at radius 3 is 2.89 bits per heavy atom. The molecule has 1 aliphatic heterocycles. The summed E-state index contributed by atoms with van der Waals surface area (Å²) in [6.07, 6.45) is 1.72. The van der Waals surface area contributed by atoms with E-state index in [2.05, 4.69) is 45.3 Å². The van der Waals surface area contributed by atoms with Gasteiger partial charge in [-0.2, -0.15) is 0 Å². The number of nitrogens with zero attached hydrogens (tertiary/aromatic N) is 1. The lowest BCUT2D eigenvalue weighted by molar-refractivity contribution is 0.549. The van der Waals surface area contributed by atoms with Crippen LogP contribution in [-0.4, -0.2) is 10.8 Å². The highest BCUT2D eigenvalue weighted by atomic mass is 79.9. The maximum Gasteiger partial charge on any atom is 0.145 e. The highest BCUT2D eigenvalue weighted by molar-refractivity contribution is 9.10. The number of aromatic nitrogens is 1. The van der Waals surface area contributed by atoms with E-state index in [1.807, 2.05) is 24.3 Å². The highest BCUT2D eigenvalue weighted by Gasteiger charge is 2.39. The number of halogens is 1. The van der Waals surface area contributed by atoms with Gasteiger partial charge in [0.2, 0.25) is 0 Å². The molecule has 0 aliphatic carbocycles. The van der Waals surface area contributed by atoms with Crippen molar-refractivity contribution in [1.82, 2.24) is 10.3 Å². The monoisotopic (exact) mass is 301 g/mol. The first-order valence-corrected chi connectivity index (χ1v) is 6.49. The first kappa shape index (κ1) is 11.4. The lowest BCUT2D eigenvalue weighted by Crippen LogP contribution is -2.37. The Hall–Kier alpha value is -1.68. The fourth-order valence-electron chi connectivity index (χ4n) is 2.41. The fourth-order valence-corrected chi connectivity index (χ4v) is 2.81. The molecule has 0 saturated carbocycles. The van der Waals surface area contributed by atoms with Crippen molar-refractivity contribution in [2.45, 2.75) is 12.5 Å². The number of pyridine rings is 1. The van der Waals surface area contributed by atoms with Crippen LogP contribution in [0.5, 0.6) is 0 Å². The fraction of sp³-hybridized carbons (Fsp3) is 0.143. The summed E-state index contributed by atoms with van der Waals surface area (Å²) in [5, 5.41) is 11.2. The summed E-state index contributed by atoms with van der Waals surface area (Å²) in [5.74, 6) is 0.382. The van der Waals surface area contributed by atoms with Crippen LogP contribution in [0.1, 0.15) is 23.7 Å². The molecule has 0 spiro atoms. The molecule has 1 aromatic carbocycles. The first-order chi connectivity index (χ1) is 8.61. The molecular weight excluding hydrogens is 290 g/mol. The summed E-state index contributed by atoms with van der Waals surface area (Å²) in [7, 11) is 0. The summed E-state index contributed by atoms with van der Waals surface area (Å²) in [4.78, 5) is 4.28. The molecule has 1 atom stereocenters. The number of nitrogens with one attached hydrogen (secondary N) is 2. The van der Waals surface area contributed by atoms with E-state index in [9.17, 15) is 0 Å². The zero-order chi connectivity index (χ0) is 12.8. The zero-order valence-electron chi connectivity index (χ0n) is 9.87. The minimum absolute atomic E-state index is 0.382. The second-order valence-electron chi connectivity index (χ2n) is 4.53. The van der Waals surface area contributed by atoms with Crippen molar-refractivity contribution in [3.63, 3.8) is 0 Å². The van der Waals surface area contributed by atoms with Gasteiger partial charge in [0, 0.05) is 16.2 Å². The highest BCUT2D eigenvalue weighted by Crippen LogP contribution is 2.36. The van der Waals surface area contributed by atoms with E-state index in [0.29, 0.717) is 5.84 Å². The molecule has 1 unspecified atom stereocenters.